The Labute approximate surface area is 123 Å². The van der Waals surface area contributed by atoms with Crippen LogP contribution in [0.5, 0.6) is 0 Å². The highest BCUT2D eigenvalue weighted by molar-refractivity contribution is 5.77. The van der Waals surface area contributed by atoms with Crippen LogP contribution in [0.3, 0.4) is 0 Å². The van der Waals surface area contributed by atoms with Crippen LogP contribution in [-0.4, -0.2) is 13.2 Å². The van der Waals surface area contributed by atoms with Crippen LogP contribution < -0.4 is 5.32 Å². The van der Waals surface area contributed by atoms with Crippen LogP contribution in [0.4, 0.5) is 0 Å². The molecule has 0 bridgehead atoms. The molecule has 2 unspecified atom stereocenters. The third kappa shape index (κ3) is 2.46. The Kier molecular flexibility index (Phi) is 3.22. The first-order valence-corrected chi connectivity index (χ1v) is 7.28. The zero-order valence-corrected chi connectivity index (χ0v) is 11.7. The molecule has 2 aromatic carbocycles. The van der Waals surface area contributed by atoms with Gasteiger partial charge in [0, 0.05) is 11.9 Å². The van der Waals surface area contributed by atoms with Crippen LogP contribution in [0.1, 0.15) is 23.5 Å². The summed E-state index contributed by atoms with van der Waals surface area (Å²) in [5, 5.41) is 4.67. The molecular formula is C18H17NO2. The van der Waals surface area contributed by atoms with Crippen LogP contribution in [-0.2, 0) is 4.74 Å². The maximum Gasteiger partial charge on any atom is 0.135 e. The quantitative estimate of drug-likeness (QED) is 0.774. The number of fused-ring (bicyclic) bond motifs is 1. The molecule has 1 N–H and O–H groups in total. The molecule has 4 rings (SSSR count). The first kappa shape index (κ1) is 12.6. The normalized spacial score (nSPS) is 22.5. The van der Waals surface area contributed by atoms with Gasteiger partial charge in [-0.25, -0.2) is 0 Å². The van der Waals surface area contributed by atoms with Gasteiger partial charge < -0.3 is 14.5 Å². The van der Waals surface area contributed by atoms with E-state index >= 15 is 0 Å². The summed E-state index contributed by atoms with van der Waals surface area (Å²) >= 11 is 0. The van der Waals surface area contributed by atoms with Crippen molar-refractivity contribution in [1.82, 2.24) is 5.32 Å². The first-order chi connectivity index (χ1) is 10.4. The fourth-order valence-electron chi connectivity index (χ4n) is 2.82. The van der Waals surface area contributed by atoms with Crippen molar-refractivity contribution >= 4 is 11.0 Å². The molecule has 1 fully saturated rings. The van der Waals surface area contributed by atoms with Crippen molar-refractivity contribution in [3.63, 3.8) is 0 Å². The molecule has 0 aliphatic carbocycles. The summed E-state index contributed by atoms with van der Waals surface area (Å²) < 4.78 is 11.9. The van der Waals surface area contributed by atoms with Gasteiger partial charge in [0.1, 0.15) is 17.4 Å². The second kappa shape index (κ2) is 5.35. The molecular weight excluding hydrogens is 262 g/mol. The van der Waals surface area contributed by atoms with Gasteiger partial charge in [0.25, 0.3) is 0 Å². The predicted molar refractivity (Wildman–Crippen MR) is 82.1 cm³/mol. The van der Waals surface area contributed by atoms with Crippen molar-refractivity contribution in [2.24, 2.45) is 0 Å². The Balaban J connectivity index is 1.50. The Morgan fingerprint density at radius 3 is 2.52 bits per heavy atom. The number of hydrogen-bond donors (Lipinski definition) is 1. The van der Waals surface area contributed by atoms with Gasteiger partial charge in [0.15, 0.2) is 0 Å². The Bertz CT molecular complexity index is 694. The Hall–Kier alpha value is -2.10. The smallest absolute Gasteiger partial charge is 0.135 e. The number of benzene rings is 2. The standard InChI is InChI=1S/C18H17NO2/c1-2-6-13(7-3-1)15-12-20-18(11-19-15)17-10-14-8-4-5-9-16(14)21-17/h1-10,15,18-19H,11-12H2. The molecule has 3 aromatic rings. The molecule has 1 aliphatic heterocycles. The summed E-state index contributed by atoms with van der Waals surface area (Å²) in [7, 11) is 0. The molecule has 106 valence electrons. The number of hydrogen-bond acceptors (Lipinski definition) is 3. The summed E-state index contributed by atoms with van der Waals surface area (Å²) in [6, 6.07) is 20.8. The van der Waals surface area contributed by atoms with E-state index in [0.717, 1.165) is 23.3 Å². The topological polar surface area (TPSA) is 34.4 Å². The van der Waals surface area contributed by atoms with Gasteiger partial charge in [-0.05, 0) is 17.7 Å². The maximum absolute atomic E-state index is 6.00. The predicted octanol–water partition coefficient (Wildman–Crippen LogP) is 3.84. The fourth-order valence-corrected chi connectivity index (χ4v) is 2.82. The highest BCUT2D eigenvalue weighted by Crippen LogP contribution is 2.29. The molecule has 1 aliphatic rings. The summed E-state index contributed by atoms with van der Waals surface area (Å²) in [4.78, 5) is 0. The third-order valence-corrected chi connectivity index (χ3v) is 3.98. The zero-order valence-electron chi connectivity index (χ0n) is 11.7. The number of ether oxygens (including phenoxy) is 1. The lowest BCUT2D eigenvalue weighted by Gasteiger charge is -2.29. The fraction of sp³-hybridized carbons (Fsp3) is 0.222. The van der Waals surface area contributed by atoms with Crippen molar-refractivity contribution in [3.05, 3.63) is 72.0 Å². The van der Waals surface area contributed by atoms with Crippen molar-refractivity contribution in [2.75, 3.05) is 13.2 Å². The van der Waals surface area contributed by atoms with Crippen LogP contribution in [0, 0.1) is 0 Å². The Morgan fingerprint density at radius 1 is 0.952 bits per heavy atom. The van der Waals surface area contributed by atoms with Gasteiger partial charge in [0.05, 0.1) is 12.6 Å². The van der Waals surface area contributed by atoms with Gasteiger partial charge in [-0.3, -0.25) is 0 Å². The number of furan rings is 1. The molecule has 0 amide bonds. The molecule has 1 aromatic heterocycles. The molecule has 0 saturated carbocycles. The molecule has 1 saturated heterocycles. The van der Waals surface area contributed by atoms with E-state index in [1.807, 2.05) is 24.3 Å². The van der Waals surface area contributed by atoms with E-state index < -0.39 is 0 Å². The maximum atomic E-state index is 6.00. The van der Waals surface area contributed by atoms with Crippen molar-refractivity contribution < 1.29 is 9.15 Å². The Morgan fingerprint density at radius 2 is 1.76 bits per heavy atom. The van der Waals surface area contributed by atoms with E-state index in [-0.39, 0.29) is 12.1 Å². The van der Waals surface area contributed by atoms with Gasteiger partial charge in [-0.15, -0.1) is 0 Å². The van der Waals surface area contributed by atoms with E-state index in [1.165, 1.54) is 5.56 Å². The summed E-state index contributed by atoms with van der Waals surface area (Å²) in [5.41, 5.74) is 2.18. The highest BCUT2D eigenvalue weighted by atomic mass is 16.5. The van der Waals surface area contributed by atoms with Crippen LogP contribution in [0.2, 0.25) is 0 Å². The minimum Gasteiger partial charge on any atom is -0.458 e. The highest BCUT2D eigenvalue weighted by Gasteiger charge is 2.25. The van der Waals surface area contributed by atoms with Gasteiger partial charge in [-0.1, -0.05) is 48.5 Å². The minimum absolute atomic E-state index is 0.0163. The number of para-hydroxylation sites is 1. The monoisotopic (exact) mass is 279 g/mol. The summed E-state index contributed by atoms with van der Waals surface area (Å²) in [6.07, 6.45) is -0.0163. The van der Waals surface area contributed by atoms with E-state index in [1.54, 1.807) is 0 Å². The van der Waals surface area contributed by atoms with E-state index in [2.05, 4.69) is 41.7 Å². The average Bonchev–Trinajstić information content (AvgIpc) is 3.00. The largest absolute Gasteiger partial charge is 0.458 e. The number of nitrogens with one attached hydrogen (secondary N) is 1. The van der Waals surface area contributed by atoms with Crippen molar-refractivity contribution in [3.8, 4) is 0 Å². The van der Waals surface area contributed by atoms with Gasteiger partial charge in [-0.2, -0.15) is 0 Å². The SMILES string of the molecule is c1ccc(C2COC(c3cc4ccccc4o3)CN2)cc1. The number of rotatable bonds is 2. The molecule has 3 heteroatoms. The lowest BCUT2D eigenvalue weighted by atomic mass is 10.1. The van der Waals surface area contributed by atoms with E-state index in [0.29, 0.717) is 6.61 Å². The molecule has 21 heavy (non-hydrogen) atoms. The lowest BCUT2D eigenvalue weighted by molar-refractivity contribution is -0.00855. The second-order valence-corrected chi connectivity index (χ2v) is 5.38. The lowest BCUT2D eigenvalue weighted by Crippen LogP contribution is -2.36. The molecule has 2 atom stereocenters. The van der Waals surface area contributed by atoms with E-state index in [9.17, 15) is 0 Å². The summed E-state index contributed by atoms with van der Waals surface area (Å²) in [6.45, 7) is 1.42. The van der Waals surface area contributed by atoms with Gasteiger partial charge >= 0.3 is 0 Å². The van der Waals surface area contributed by atoms with Crippen molar-refractivity contribution in [2.45, 2.75) is 12.1 Å². The number of morpholine rings is 1. The molecule has 2 heterocycles. The molecule has 0 radical (unpaired) electrons. The zero-order chi connectivity index (χ0) is 14.1. The first-order valence-electron chi connectivity index (χ1n) is 7.28. The third-order valence-electron chi connectivity index (χ3n) is 3.98. The van der Waals surface area contributed by atoms with Crippen molar-refractivity contribution in [1.29, 1.82) is 0 Å². The van der Waals surface area contributed by atoms with E-state index in [4.69, 9.17) is 9.15 Å². The average molecular weight is 279 g/mol. The molecule has 3 nitrogen and oxygen atoms in total. The minimum atomic E-state index is -0.0163. The van der Waals surface area contributed by atoms with Crippen LogP contribution >= 0.6 is 0 Å². The molecule has 0 spiro atoms. The van der Waals surface area contributed by atoms with Gasteiger partial charge in [0.2, 0.25) is 0 Å². The summed E-state index contributed by atoms with van der Waals surface area (Å²) in [5.74, 6) is 0.898. The van der Waals surface area contributed by atoms with Crippen LogP contribution in [0.25, 0.3) is 11.0 Å². The van der Waals surface area contributed by atoms with Crippen LogP contribution in [0.15, 0.2) is 65.1 Å². The second-order valence-electron chi connectivity index (χ2n) is 5.38.